The molecule has 4 heteroatoms. The molecule has 0 saturated heterocycles. The molecule has 128 valence electrons. The van der Waals surface area contributed by atoms with Crippen LogP contribution in [0.15, 0.2) is 48.5 Å². The molecule has 0 fully saturated rings. The fraction of sp³-hybridized carbons (Fsp3) is 0.350. The summed E-state index contributed by atoms with van der Waals surface area (Å²) in [5, 5.41) is 2.98. The SMILES string of the molecule is CC(C)COc1cccc(C(=O)NC(C)(C)c2ccc(F)cc2)c1. The number of hydrogen-bond acceptors (Lipinski definition) is 2. The summed E-state index contributed by atoms with van der Waals surface area (Å²) in [6.45, 7) is 8.52. The van der Waals surface area contributed by atoms with Crippen molar-refractivity contribution in [2.75, 3.05) is 6.61 Å². The second-order valence-corrected chi connectivity index (χ2v) is 6.82. The molecule has 1 amide bonds. The van der Waals surface area contributed by atoms with E-state index in [1.165, 1.54) is 12.1 Å². The highest BCUT2D eigenvalue weighted by molar-refractivity contribution is 5.95. The monoisotopic (exact) mass is 329 g/mol. The van der Waals surface area contributed by atoms with E-state index in [9.17, 15) is 9.18 Å². The van der Waals surface area contributed by atoms with Gasteiger partial charge >= 0.3 is 0 Å². The van der Waals surface area contributed by atoms with Gasteiger partial charge in [-0.2, -0.15) is 0 Å². The summed E-state index contributed by atoms with van der Waals surface area (Å²) in [4.78, 5) is 12.6. The molecule has 0 bridgehead atoms. The molecule has 0 heterocycles. The summed E-state index contributed by atoms with van der Waals surface area (Å²) < 4.78 is 18.7. The average Bonchev–Trinajstić information content (AvgIpc) is 2.53. The van der Waals surface area contributed by atoms with Crippen LogP contribution in [0.1, 0.15) is 43.6 Å². The summed E-state index contributed by atoms with van der Waals surface area (Å²) in [5.74, 6) is 0.603. The van der Waals surface area contributed by atoms with Gasteiger partial charge in [-0.3, -0.25) is 4.79 Å². The van der Waals surface area contributed by atoms with Gasteiger partial charge in [0.15, 0.2) is 0 Å². The van der Waals surface area contributed by atoms with Crippen LogP contribution >= 0.6 is 0 Å². The van der Waals surface area contributed by atoms with Gasteiger partial charge in [-0.25, -0.2) is 4.39 Å². The van der Waals surface area contributed by atoms with Crippen LogP contribution in [0.25, 0.3) is 0 Å². The van der Waals surface area contributed by atoms with E-state index in [-0.39, 0.29) is 11.7 Å². The maximum atomic E-state index is 13.1. The molecular weight excluding hydrogens is 305 g/mol. The Morgan fingerprint density at radius 1 is 1.17 bits per heavy atom. The van der Waals surface area contributed by atoms with Gasteiger partial charge in [-0.05, 0) is 55.7 Å². The van der Waals surface area contributed by atoms with Crippen molar-refractivity contribution in [3.63, 3.8) is 0 Å². The van der Waals surface area contributed by atoms with Crippen molar-refractivity contribution in [2.45, 2.75) is 33.2 Å². The van der Waals surface area contributed by atoms with Gasteiger partial charge in [0.1, 0.15) is 11.6 Å². The van der Waals surface area contributed by atoms with E-state index in [0.717, 1.165) is 5.56 Å². The van der Waals surface area contributed by atoms with E-state index in [0.29, 0.717) is 23.8 Å². The zero-order chi connectivity index (χ0) is 17.7. The molecule has 2 aromatic rings. The van der Waals surface area contributed by atoms with E-state index in [1.54, 1.807) is 30.3 Å². The Labute approximate surface area is 142 Å². The third kappa shape index (κ3) is 4.82. The number of hydrogen-bond donors (Lipinski definition) is 1. The van der Waals surface area contributed by atoms with Crippen LogP contribution in [0.4, 0.5) is 4.39 Å². The Kier molecular flexibility index (Phi) is 5.60. The lowest BCUT2D eigenvalue weighted by Gasteiger charge is -2.27. The van der Waals surface area contributed by atoms with E-state index < -0.39 is 5.54 Å². The maximum absolute atomic E-state index is 13.1. The Hall–Kier alpha value is -2.36. The maximum Gasteiger partial charge on any atom is 0.252 e. The van der Waals surface area contributed by atoms with Crippen LogP contribution < -0.4 is 10.1 Å². The number of benzene rings is 2. The van der Waals surface area contributed by atoms with Gasteiger partial charge in [-0.1, -0.05) is 32.0 Å². The summed E-state index contributed by atoms with van der Waals surface area (Å²) in [6.07, 6.45) is 0. The first kappa shape index (κ1) is 18.0. The van der Waals surface area contributed by atoms with Gasteiger partial charge in [0.2, 0.25) is 0 Å². The summed E-state index contributed by atoms with van der Waals surface area (Å²) in [6, 6.07) is 13.3. The first-order valence-electron chi connectivity index (χ1n) is 8.09. The molecule has 1 N–H and O–H groups in total. The molecule has 0 spiro atoms. The highest BCUT2D eigenvalue weighted by Crippen LogP contribution is 2.22. The average molecular weight is 329 g/mol. The van der Waals surface area contributed by atoms with E-state index >= 15 is 0 Å². The number of ether oxygens (including phenoxy) is 1. The van der Waals surface area contributed by atoms with Crippen molar-refractivity contribution in [2.24, 2.45) is 5.92 Å². The third-order valence-electron chi connectivity index (χ3n) is 3.67. The molecule has 0 aromatic heterocycles. The van der Waals surface area contributed by atoms with Gasteiger partial charge in [0.25, 0.3) is 5.91 Å². The molecular formula is C20H24FNO2. The molecule has 2 aromatic carbocycles. The minimum absolute atomic E-state index is 0.195. The van der Waals surface area contributed by atoms with Gasteiger partial charge in [-0.15, -0.1) is 0 Å². The fourth-order valence-corrected chi connectivity index (χ4v) is 2.28. The number of carbonyl (C=O) groups is 1. The Morgan fingerprint density at radius 3 is 2.46 bits per heavy atom. The lowest BCUT2D eigenvalue weighted by atomic mass is 9.94. The summed E-state index contributed by atoms with van der Waals surface area (Å²) >= 11 is 0. The summed E-state index contributed by atoms with van der Waals surface area (Å²) in [5.41, 5.74) is 0.760. The van der Waals surface area contributed by atoms with Crippen LogP contribution in [-0.2, 0) is 5.54 Å². The van der Waals surface area contributed by atoms with Gasteiger partial charge in [0, 0.05) is 5.56 Å². The van der Waals surface area contributed by atoms with E-state index in [1.807, 2.05) is 19.9 Å². The van der Waals surface area contributed by atoms with E-state index in [2.05, 4.69) is 19.2 Å². The minimum atomic E-state index is -0.612. The Bertz CT molecular complexity index is 693. The van der Waals surface area contributed by atoms with Crippen molar-refractivity contribution in [3.8, 4) is 5.75 Å². The molecule has 0 aliphatic heterocycles. The molecule has 0 aliphatic rings. The van der Waals surface area contributed by atoms with Crippen LogP contribution in [0, 0.1) is 11.7 Å². The largest absolute Gasteiger partial charge is 0.493 e. The molecule has 2 rings (SSSR count). The fourth-order valence-electron chi connectivity index (χ4n) is 2.28. The number of carbonyl (C=O) groups excluding carboxylic acids is 1. The van der Waals surface area contributed by atoms with Crippen molar-refractivity contribution < 1.29 is 13.9 Å². The highest BCUT2D eigenvalue weighted by Gasteiger charge is 2.23. The second-order valence-electron chi connectivity index (χ2n) is 6.82. The molecule has 24 heavy (non-hydrogen) atoms. The molecule has 0 atom stereocenters. The number of halogens is 1. The second kappa shape index (κ2) is 7.47. The number of rotatable bonds is 6. The topological polar surface area (TPSA) is 38.3 Å². The van der Waals surface area contributed by atoms with E-state index in [4.69, 9.17) is 4.74 Å². The highest BCUT2D eigenvalue weighted by atomic mass is 19.1. The van der Waals surface area contributed by atoms with Gasteiger partial charge in [0.05, 0.1) is 12.1 Å². The normalized spacial score (nSPS) is 11.4. The molecule has 0 radical (unpaired) electrons. The zero-order valence-electron chi connectivity index (χ0n) is 14.6. The van der Waals surface area contributed by atoms with Crippen molar-refractivity contribution in [1.82, 2.24) is 5.32 Å². The number of amides is 1. The smallest absolute Gasteiger partial charge is 0.252 e. The lowest BCUT2D eigenvalue weighted by molar-refractivity contribution is 0.0911. The number of nitrogens with one attached hydrogen (secondary N) is 1. The van der Waals surface area contributed by atoms with Crippen molar-refractivity contribution >= 4 is 5.91 Å². The minimum Gasteiger partial charge on any atom is -0.493 e. The van der Waals surface area contributed by atoms with Crippen molar-refractivity contribution in [1.29, 1.82) is 0 Å². The lowest BCUT2D eigenvalue weighted by Crippen LogP contribution is -2.41. The molecule has 3 nitrogen and oxygen atoms in total. The van der Waals surface area contributed by atoms with Crippen LogP contribution in [0.3, 0.4) is 0 Å². The summed E-state index contributed by atoms with van der Waals surface area (Å²) in [7, 11) is 0. The molecule has 0 saturated carbocycles. The predicted molar refractivity (Wildman–Crippen MR) is 93.7 cm³/mol. The van der Waals surface area contributed by atoms with Crippen LogP contribution in [0.5, 0.6) is 5.75 Å². The quantitative estimate of drug-likeness (QED) is 0.846. The Balaban J connectivity index is 2.11. The molecule has 0 unspecified atom stereocenters. The van der Waals surface area contributed by atoms with Crippen LogP contribution in [0.2, 0.25) is 0 Å². The van der Waals surface area contributed by atoms with Crippen LogP contribution in [-0.4, -0.2) is 12.5 Å². The Morgan fingerprint density at radius 2 is 1.83 bits per heavy atom. The zero-order valence-corrected chi connectivity index (χ0v) is 14.6. The third-order valence-corrected chi connectivity index (χ3v) is 3.67. The predicted octanol–water partition coefficient (Wildman–Crippen LogP) is 4.53. The first-order valence-corrected chi connectivity index (χ1v) is 8.09. The van der Waals surface area contributed by atoms with Crippen molar-refractivity contribution in [3.05, 3.63) is 65.5 Å². The first-order chi connectivity index (χ1) is 11.3. The molecule has 0 aliphatic carbocycles. The standard InChI is InChI=1S/C20H24FNO2/c1-14(2)13-24-18-7-5-6-15(12-18)19(23)22-20(3,4)16-8-10-17(21)11-9-16/h5-12,14H,13H2,1-4H3,(H,22,23). The van der Waals surface area contributed by atoms with Gasteiger partial charge < -0.3 is 10.1 Å².